The maximum absolute atomic E-state index is 12.1. The molecule has 0 unspecified atom stereocenters. The van der Waals surface area contributed by atoms with Crippen LogP contribution in [0.4, 0.5) is 0 Å². The van der Waals surface area contributed by atoms with Gasteiger partial charge in [0.15, 0.2) is 11.6 Å². The van der Waals surface area contributed by atoms with E-state index in [4.69, 9.17) is 0 Å². The molecule has 3 nitrogen and oxygen atoms in total. The van der Waals surface area contributed by atoms with Gasteiger partial charge in [-0.25, -0.2) is 0 Å². The minimum Gasteiger partial charge on any atom is -0.294 e. The molecular weight excluding hydrogens is 238 g/mol. The Hall–Kier alpha value is -2.29. The summed E-state index contributed by atoms with van der Waals surface area (Å²) >= 11 is 0. The fraction of sp³-hybridized carbons (Fsp3) is 0.188. The van der Waals surface area contributed by atoms with Gasteiger partial charge < -0.3 is 0 Å². The first-order valence-corrected chi connectivity index (χ1v) is 6.11. The summed E-state index contributed by atoms with van der Waals surface area (Å²) in [6, 6.07) is 8.88. The van der Waals surface area contributed by atoms with E-state index in [1.165, 1.54) is 0 Å². The molecule has 3 heteroatoms. The molecule has 0 saturated carbocycles. The third kappa shape index (κ3) is 3.35. The van der Waals surface area contributed by atoms with Gasteiger partial charge in [-0.05, 0) is 38.1 Å². The largest absolute Gasteiger partial charge is 0.294 e. The molecular formula is C16H15NO2. The Labute approximate surface area is 112 Å². The van der Waals surface area contributed by atoms with E-state index in [0.29, 0.717) is 11.1 Å². The number of nitrogens with zero attached hydrogens (tertiary/aromatic N) is 1. The van der Waals surface area contributed by atoms with Crippen LogP contribution in [-0.4, -0.2) is 16.6 Å². The van der Waals surface area contributed by atoms with Gasteiger partial charge in [-0.2, -0.15) is 0 Å². The molecule has 0 aliphatic carbocycles. The summed E-state index contributed by atoms with van der Waals surface area (Å²) in [7, 11) is 0. The summed E-state index contributed by atoms with van der Waals surface area (Å²) in [6.07, 6.45) is 3.00. The Bertz CT molecular complexity index is 598. The van der Waals surface area contributed by atoms with Crippen molar-refractivity contribution in [3.63, 3.8) is 0 Å². The van der Waals surface area contributed by atoms with Gasteiger partial charge in [0.25, 0.3) is 0 Å². The summed E-state index contributed by atoms with van der Waals surface area (Å²) in [4.78, 5) is 27.9. The van der Waals surface area contributed by atoms with E-state index in [9.17, 15) is 9.59 Å². The van der Waals surface area contributed by atoms with Crippen molar-refractivity contribution in [3.8, 4) is 0 Å². The number of carbonyl (C=O) groups is 2. The fourth-order valence-corrected chi connectivity index (χ4v) is 2.02. The molecule has 0 atom stereocenters. The van der Waals surface area contributed by atoms with Crippen molar-refractivity contribution in [1.82, 2.24) is 4.98 Å². The minimum absolute atomic E-state index is 0.104. The van der Waals surface area contributed by atoms with Gasteiger partial charge >= 0.3 is 0 Å². The second kappa shape index (κ2) is 5.57. The molecule has 0 fully saturated rings. The first-order chi connectivity index (χ1) is 9.06. The van der Waals surface area contributed by atoms with Crippen LogP contribution in [0, 0.1) is 13.8 Å². The van der Waals surface area contributed by atoms with Crippen LogP contribution in [0.2, 0.25) is 0 Å². The summed E-state index contributed by atoms with van der Waals surface area (Å²) in [5.74, 6) is -0.319. The van der Waals surface area contributed by atoms with Crippen molar-refractivity contribution in [3.05, 3.63) is 65.0 Å². The average Bonchev–Trinajstić information content (AvgIpc) is 2.38. The highest BCUT2D eigenvalue weighted by Crippen LogP contribution is 2.12. The predicted octanol–water partition coefficient (Wildman–Crippen LogP) is 3.15. The molecule has 19 heavy (non-hydrogen) atoms. The van der Waals surface area contributed by atoms with Crippen molar-refractivity contribution in [1.29, 1.82) is 0 Å². The second-order valence-electron chi connectivity index (χ2n) is 4.64. The highest BCUT2D eigenvalue weighted by Gasteiger charge is 2.14. The van der Waals surface area contributed by atoms with Gasteiger partial charge in [0, 0.05) is 23.5 Å². The topological polar surface area (TPSA) is 47.0 Å². The number of aryl methyl sites for hydroxylation is 2. The van der Waals surface area contributed by atoms with E-state index in [1.807, 2.05) is 32.0 Å². The SMILES string of the molecule is Cc1cc(C)cc(C(=O)CC(=O)c2ccncc2)c1. The lowest BCUT2D eigenvalue weighted by Gasteiger charge is -2.04. The summed E-state index contributed by atoms with van der Waals surface area (Å²) in [6.45, 7) is 3.88. The molecule has 1 aromatic heterocycles. The lowest BCUT2D eigenvalue weighted by molar-refractivity contribution is 0.0894. The molecule has 2 rings (SSSR count). The molecule has 96 valence electrons. The highest BCUT2D eigenvalue weighted by atomic mass is 16.1. The zero-order chi connectivity index (χ0) is 13.8. The van der Waals surface area contributed by atoms with E-state index in [1.54, 1.807) is 24.5 Å². The molecule has 2 aromatic rings. The lowest BCUT2D eigenvalue weighted by Crippen LogP contribution is -2.09. The molecule has 0 aliphatic rings. The van der Waals surface area contributed by atoms with Crippen LogP contribution in [0.5, 0.6) is 0 Å². The van der Waals surface area contributed by atoms with Crippen molar-refractivity contribution < 1.29 is 9.59 Å². The van der Waals surface area contributed by atoms with Crippen LogP contribution in [-0.2, 0) is 0 Å². The van der Waals surface area contributed by atoms with E-state index in [0.717, 1.165) is 11.1 Å². The van der Waals surface area contributed by atoms with Gasteiger partial charge in [-0.3, -0.25) is 14.6 Å². The molecule has 0 amide bonds. The first kappa shape index (κ1) is 13.1. The molecule has 1 aromatic carbocycles. The second-order valence-corrected chi connectivity index (χ2v) is 4.64. The Kier molecular flexibility index (Phi) is 3.85. The number of aromatic nitrogens is 1. The number of benzene rings is 1. The van der Waals surface area contributed by atoms with E-state index < -0.39 is 0 Å². The number of pyridine rings is 1. The van der Waals surface area contributed by atoms with Crippen LogP contribution < -0.4 is 0 Å². The van der Waals surface area contributed by atoms with Crippen molar-refractivity contribution in [2.24, 2.45) is 0 Å². The average molecular weight is 253 g/mol. The van der Waals surface area contributed by atoms with Gasteiger partial charge in [0.05, 0.1) is 6.42 Å². The minimum atomic E-state index is -0.174. The monoisotopic (exact) mass is 253 g/mol. The number of Topliss-reactive ketones (excluding diaryl/α,β-unsaturated/α-hetero) is 2. The van der Waals surface area contributed by atoms with Crippen LogP contribution in [0.1, 0.15) is 38.3 Å². The fourth-order valence-electron chi connectivity index (χ4n) is 2.02. The zero-order valence-electron chi connectivity index (χ0n) is 11.0. The summed E-state index contributed by atoms with van der Waals surface area (Å²) in [5, 5.41) is 0. The zero-order valence-corrected chi connectivity index (χ0v) is 11.0. The summed E-state index contributed by atoms with van der Waals surface area (Å²) in [5.41, 5.74) is 3.17. The third-order valence-electron chi connectivity index (χ3n) is 2.87. The maximum Gasteiger partial charge on any atom is 0.170 e. The molecule has 0 spiro atoms. The number of rotatable bonds is 4. The van der Waals surface area contributed by atoms with Crippen molar-refractivity contribution in [2.75, 3.05) is 0 Å². The van der Waals surface area contributed by atoms with Crippen molar-refractivity contribution >= 4 is 11.6 Å². The quantitative estimate of drug-likeness (QED) is 0.621. The molecule has 0 N–H and O–H groups in total. The number of hydrogen-bond donors (Lipinski definition) is 0. The van der Waals surface area contributed by atoms with Crippen LogP contribution in [0.3, 0.4) is 0 Å². The van der Waals surface area contributed by atoms with Crippen LogP contribution in [0.25, 0.3) is 0 Å². The Morgan fingerprint density at radius 2 is 1.42 bits per heavy atom. The Morgan fingerprint density at radius 1 is 0.895 bits per heavy atom. The van der Waals surface area contributed by atoms with Gasteiger partial charge in [-0.15, -0.1) is 0 Å². The van der Waals surface area contributed by atoms with Gasteiger partial charge in [-0.1, -0.05) is 17.2 Å². The lowest BCUT2D eigenvalue weighted by atomic mass is 9.99. The molecule has 0 aliphatic heterocycles. The Morgan fingerprint density at radius 3 is 2.00 bits per heavy atom. The van der Waals surface area contributed by atoms with Crippen LogP contribution >= 0.6 is 0 Å². The molecule has 1 heterocycles. The number of carbonyl (C=O) groups excluding carboxylic acids is 2. The molecule has 0 bridgehead atoms. The van der Waals surface area contributed by atoms with E-state index in [-0.39, 0.29) is 18.0 Å². The van der Waals surface area contributed by atoms with Crippen LogP contribution in [0.15, 0.2) is 42.7 Å². The third-order valence-corrected chi connectivity index (χ3v) is 2.87. The highest BCUT2D eigenvalue weighted by molar-refractivity contribution is 6.13. The first-order valence-electron chi connectivity index (χ1n) is 6.11. The summed E-state index contributed by atoms with van der Waals surface area (Å²) < 4.78 is 0. The molecule has 0 saturated heterocycles. The number of ketones is 2. The van der Waals surface area contributed by atoms with Gasteiger partial charge in [0.1, 0.15) is 0 Å². The number of hydrogen-bond acceptors (Lipinski definition) is 3. The van der Waals surface area contributed by atoms with E-state index >= 15 is 0 Å². The van der Waals surface area contributed by atoms with Crippen molar-refractivity contribution in [2.45, 2.75) is 20.3 Å². The predicted molar refractivity (Wildman–Crippen MR) is 73.4 cm³/mol. The smallest absolute Gasteiger partial charge is 0.170 e. The molecule has 0 radical (unpaired) electrons. The standard InChI is InChI=1S/C16H15NO2/c1-11-7-12(2)9-14(8-11)16(19)10-15(18)13-3-5-17-6-4-13/h3-9H,10H2,1-2H3. The normalized spacial score (nSPS) is 10.2. The van der Waals surface area contributed by atoms with E-state index in [2.05, 4.69) is 4.98 Å². The Balaban J connectivity index is 2.15. The van der Waals surface area contributed by atoms with Gasteiger partial charge in [0.2, 0.25) is 0 Å². The maximum atomic E-state index is 12.1.